The Kier molecular flexibility index (Phi) is 10.4. The van der Waals surface area contributed by atoms with Crippen molar-refractivity contribution < 1.29 is 19.4 Å². The number of ether oxygens (including phenoxy) is 1. The molecule has 1 saturated heterocycles. The summed E-state index contributed by atoms with van der Waals surface area (Å²) in [6, 6.07) is 14.6. The van der Waals surface area contributed by atoms with Crippen molar-refractivity contribution in [3.05, 3.63) is 59.7 Å². The van der Waals surface area contributed by atoms with E-state index in [4.69, 9.17) is 4.74 Å². The van der Waals surface area contributed by atoms with Gasteiger partial charge in [-0.1, -0.05) is 32.4 Å². The van der Waals surface area contributed by atoms with E-state index in [1.54, 1.807) is 43.5 Å². The van der Waals surface area contributed by atoms with Crippen molar-refractivity contribution in [2.45, 2.75) is 71.3 Å². The van der Waals surface area contributed by atoms with Gasteiger partial charge in [0.15, 0.2) is 5.78 Å². The summed E-state index contributed by atoms with van der Waals surface area (Å²) >= 11 is 0. The average Bonchev–Trinajstić information content (AvgIpc) is 3.38. The van der Waals surface area contributed by atoms with Gasteiger partial charge < -0.3 is 20.1 Å². The highest BCUT2D eigenvalue weighted by atomic mass is 16.5. The third-order valence-electron chi connectivity index (χ3n) is 7.23. The number of Topliss-reactive ketones (excluding diaryl/α,β-unsaturated/α-hetero) is 1. The Balaban J connectivity index is 1.46. The number of hydrogen-bond acceptors (Lipinski definition) is 5. The number of likely N-dealkylation sites (tertiary alicyclic amines) is 1. The highest BCUT2D eigenvalue weighted by Crippen LogP contribution is 2.29. The third-order valence-corrected chi connectivity index (χ3v) is 7.23. The molecule has 0 bridgehead atoms. The molecule has 1 unspecified atom stereocenters. The minimum absolute atomic E-state index is 0.0357. The summed E-state index contributed by atoms with van der Waals surface area (Å²) in [5.74, 6) is 1.22. The Labute approximate surface area is 216 Å². The first-order valence-corrected chi connectivity index (χ1v) is 13.2. The highest BCUT2D eigenvalue weighted by molar-refractivity contribution is 5.96. The van der Waals surface area contributed by atoms with Gasteiger partial charge in [-0.25, -0.2) is 0 Å². The van der Waals surface area contributed by atoms with E-state index >= 15 is 0 Å². The Morgan fingerprint density at radius 2 is 1.61 bits per heavy atom. The third kappa shape index (κ3) is 8.66. The molecule has 1 heterocycles. The van der Waals surface area contributed by atoms with E-state index < -0.39 is 0 Å². The first-order chi connectivity index (χ1) is 17.3. The van der Waals surface area contributed by atoms with E-state index in [1.807, 2.05) is 12.1 Å². The Morgan fingerprint density at radius 1 is 0.972 bits per heavy atom. The van der Waals surface area contributed by atoms with Crippen LogP contribution in [0.3, 0.4) is 0 Å². The molecule has 1 atom stereocenters. The number of hydrogen-bond donors (Lipinski definition) is 2. The van der Waals surface area contributed by atoms with Gasteiger partial charge in [0.05, 0.1) is 7.11 Å². The molecule has 0 aromatic heterocycles. The molecule has 2 aromatic carbocycles. The second kappa shape index (κ2) is 13.4. The van der Waals surface area contributed by atoms with Crippen LogP contribution < -0.4 is 10.1 Å². The normalized spacial score (nSPS) is 15.0. The summed E-state index contributed by atoms with van der Waals surface area (Å²) in [5.41, 5.74) is 1.72. The molecule has 6 heteroatoms. The van der Waals surface area contributed by atoms with Crippen LogP contribution in [0.25, 0.3) is 0 Å². The van der Waals surface area contributed by atoms with Crippen molar-refractivity contribution in [2.75, 3.05) is 26.7 Å². The number of methoxy groups -OCH3 is 1. The predicted molar refractivity (Wildman–Crippen MR) is 144 cm³/mol. The number of phenols is 1. The van der Waals surface area contributed by atoms with Crippen LogP contribution in [0.1, 0.15) is 74.7 Å². The summed E-state index contributed by atoms with van der Waals surface area (Å²) in [6.07, 6.45) is 6.62. The van der Waals surface area contributed by atoms with Crippen molar-refractivity contribution in [3.8, 4) is 11.5 Å². The smallest absolute Gasteiger partial charge is 0.220 e. The zero-order chi connectivity index (χ0) is 26.0. The number of nitrogens with zero attached hydrogens (tertiary/aromatic N) is 1. The van der Waals surface area contributed by atoms with Crippen molar-refractivity contribution >= 4 is 11.7 Å². The fourth-order valence-electron chi connectivity index (χ4n) is 4.91. The maximum absolute atomic E-state index is 12.9. The minimum Gasteiger partial charge on any atom is -0.508 e. The van der Waals surface area contributed by atoms with Crippen LogP contribution in [0.4, 0.5) is 0 Å². The van der Waals surface area contributed by atoms with Gasteiger partial charge in [0.2, 0.25) is 5.91 Å². The maximum atomic E-state index is 12.9. The molecule has 0 aliphatic carbocycles. The van der Waals surface area contributed by atoms with Crippen molar-refractivity contribution in [1.29, 1.82) is 0 Å². The monoisotopic (exact) mass is 494 g/mol. The number of carbonyl (C=O) groups excluding carboxylic acids is 2. The SMILES string of the molecule is COc1ccc(C(=O)CCCCCC(=O)NC(CN2CCCC2)C(C)(C)Cc2ccc(O)cc2)cc1. The van der Waals surface area contributed by atoms with Gasteiger partial charge in [-0.3, -0.25) is 9.59 Å². The van der Waals surface area contributed by atoms with Gasteiger partial charge in [0.1, 0.15) is 11.5 Å². The minimum atomic E-state index is -0.139. The highest BCUT2D eigenvalue weighted by Gasteiger charge is 2.33. The van der Waals surface area contributed by atoms with Gasteiger partial charge in [-0.05, 0) is 92.6 Å². The number of nitrogens with one attached hydrogen (secondary N) is 1. The number of carbonyl (C=O) groups is 2. The lowest BCUT2D eigenvalue weighted by molar-refractivity contribution is -0.123. The molecule has 2 N–H and O–H groups in total. The lowest BCUT2D eigenvalue weighted by atomic mass is 9.78. The Hall–Kier alpha value is -2.86. The lowest BCUT2D eigenvalue weighted by Crippen LogP contribution is -2.52. The van der Waals surface area contributed by atoms with Crippen LogP contribution in [0, 0.1) is 5.41 Å². The van der Waals surface area contributed by atoms with Gasteiger partial charge in [0, 0.05) is 31.0 Å². The number of rotatable bonds is 14. The summed E-state index contributed by atoms with van der Waals surface area (Å²) < 4.78 is 5.14. The lowest BCUT2D eigenvalue weighted by Gasteiger charge is -2.37. The standard InChI is InChI=1S/C30H42N2O4/c1-30(2,21-23-11-15-25(33)16-12-23)28(22-32-19-7-8-20-32)31-29(35)10-6-4-5-9-27(34)24-13-17-26(36-3)18-14-24/h11-18,28,33H,4-10,19-22H2,1-3H3,(H,31,35). The van der Waals surface area contributed by atoms with E-state index in [9.17, 15) is 14.7 Å². The van der Waals surface area contributed by atoms with Crippen LogP contribution in [0.5, 0.6) is 11.5 Å². The fraction of sp³-hybridized carbons (Fsp3) is 0.533. The summed E-state index contributed by atoms with van der Waals surface area (Å²) in [4.78, 5) is 27.8. The van der Waals surface area contributed by atoms with Crippen molar-refractivity contribution in [1.82, 2.24) is 10.2 Å². The number of aromatic hydroxyl groups is 1. The molecular weight excluding hydrogens is 452 g/mol. The molecule has 0 saturated carbocycles. The Morgan fingerprint density at radius 3 is 2.25 bits per heavy atom. The molecule has 1 amide bonds. The molecule has 1 aliphatic rings. The summed E-state index contributed by atoms with van der Waals surface area (Å²) in [7, 11) is 1.61. The first kappa shape index (κ1) is 27.7. The Bertz CT molecular complexity index is 963. The average molecular weight is 495 g/mol. The molecule has 196 valence electrons. The van der Waals surface area contributed by atoms with E-state index in [1.165, 1.54) is 12.8 Å². The molecule has 2 aromatic rings. The second-order valence-corrected chi connectivity index (χ2v) is 10.7. The number of amides is 1. The summed E-state index contributed by atoms with van der Waals surface area (Å²) in [5, 5.41) is 13.0. The largest absolute Gasteiger partial charge is 0.508 e. The topological polar surface area (TPSA) is 78.9 Å². The number of ketones is 1. The second-order valence-electron chi connectivity index (χ2n) is 10.7. The van der Waals surface area contributed by atoms with Crippen molar-refractivity contribution in [2.24, 2.45) is 5.41 Å². The maximum Gasteiger partial charge on any atom is 0.220 e. The zero-order valence-electron chi connectivity index (χ0n) is 22.1. The zero-order valence-corrected chi connectivity index (χ0v) is 22.1. The first-order valence-electron chi connectivity index (χ1n) is 13.2. The molecule has 1 aliphatic heterocycles. The van der Waals surface area contributed by atoms with E-state index in [2.05, 4.69) is 24.1 Å². The number of unbranched alkanes of at least 4 members (excludes halogenated alkanes) is 2. The molecule has 6 nitrogen and oxygen atoms in total. The molecule has 3 rings (SSSR count). The van der Waals surface area contributed by atoms with Gasteiger partial charge in [0.25, 0.3) is 0 Å². The molecule has 0 spiro atoms. The number of phenolic OH excluding ortho intramolecular Hbond substituents is 1. The molecule has 36 heavy (non-hydrogen) atoms. The van der Waals surface area contributed by atoms with E-state index in [0.717, 1.165) is 56.6 Å². The van der Waals surface area contributed by atoms with Crippen LogP contribution in [0.15, 0.2) is 48.5 Å². The van der Waals surface area contributed by atoms with Crippen molar-refractivity contribution in [3.63, 3.8) is 0 Å². The van der Waals surface area contributed by atoms with E-state index in [-0.39, 0.29) is 28.9 Å². The quantitative estimate of drug-likeness (QED) is 0.272. The van der Waals surface area contributed by atoms with Crippen LogP contribution in [-0.4, -0.2) is 54.5 Å². The van der Waals surface area contributed by atoms with Gasteiger partial charge >= 0.3 is 0 Å². The summed E-state index contributed by atoms with van der Waals surface area (Å²) in [6.45, 7) is 7.46. The molecule has 0 radical (unpaired) electrons. The van der Waals surface area contributed by atoms with E-state index in [0.29, 0.717) is 18.4 Å². The fourth-order valence-corrected chi connectivity index (χ4v) is 4.91. The molecular formula is C30H42N2O4. The predicted octanol–water partition coefficient (Wildman–Crippen LogP) is 5.38. The van der Waals surface area contributed by atoms with Crippen LogP contribution in [-0.2, 0) is 11.2 Å². The van der Waals surface area contributed by atoms with Gasteiger partial charge in [-0.2, -0.15) is 0 Å². The van der Waals surface area contributed by atoms with Crippen LogP contribution >= 0.6 is 0 Å². The number of benzene rings is 2. The van der Waals surface area contributed by atoms with Crippen LogP contribution in [0.2, 0.25) is 0 Å². The van der Waals surface area contributed by atoms with Gasteiger partial charge in [-0.15, -0.1) is 0 Å². The molecule has 1 fully saturated rings.